The van der Waals surface area contributed by atoms with E-state index in [-0.39, 0.29) is 22.8 Å². The lowest BCUT2D eigenvalue weighted by Gasteiger charge is -2.31. The fourth-order valence-electron chi connectivity index (χ4n) is 4.35. The number of rotatable bonds is 7. The van der Waals surface area contributed by atoms with Gasteiger partial charge in [0.15, 0.2) is 11.5 Å². The van der Waals surface area contributed by atoms with Gasteiger partial charge < -0.3 is 14.8 Å². The number of ether oxygens (including phenoxy) is 2. The van der Waals surface area contributed by atoms with Crippen LogP contribution in [0, 0.1) is 12.3 Å². The number of sulfonamides is 1. The summed E-state index contributed by atoms with van der Waals surface area (Å²) in [5, 5.41) is 3.05. The molecule has 0 saturated heterocycles. The lowest BCUT2D eigenvalue weighted by Crippen LogP contribution is -2.39. The van der Waals surface area contributed by atoms with Gasteiger partial charge in [0.1, 0.15) is 13.2 Å². The molecule has 7 nitrogen and oxygen atoms in total. The van der Waals surface area contributed by atoms with Gasteiger partial charge in [-0.25, -0.2) is 8.42 Å². The standard InChI is InChI=1S/C24H26N2O5S/c1-2-13-26-32(28,29)20-8-5-18(6-9-20)23(27)25-17-24(11-3-4-12-24)19-7-10-21-22(16-19)31-15-14-30-21/h1,5-10,16,26H,3-4,11-15,17H2,(H,25,27). The Morgan fingerprint density at radius 2 is 1.72 bits per heavy atom. The second kappa shape index (κ2) is 9.23. The molecule has 2 N–H and O–H groups in total. The van der Waals surface area contributed by atoms with Crippen molar-refractivity contribution in [1.29, 1.82) is 0 Å². The van der Waals surface area contributed by atoms with Crippen LogP contribution in [-0.4, -0.2) is 40.6 Å². The average molecular weight is 455 g/mol. The van der Waals surface area contributed by atoms with E-state index in [2.05, 4.69) is 22.0 Å². The first-order chi connectivity index (χ1) is 15.4. The molecule has 32 heavy (non-hydrogen) atoms. The summed E-state index contributed by atoms with van der Waals surface area (Å²) in [5.41, 5.74) is 1.38. The predicted molar refractivity (Wildman–Crippen MR) is 120 cm³/mol. The molecule has 0 bridgehead atoms. The lowest BCUT2D eigenvalue weighted by molar-refractivity contribution is 0.0943. The molecule has 0 atom stereocenters. The van der Waals surface area contributed by atoms with Crippen molar-refractivity contribution in [1.82, 2.24) is 10.0 Å². The van der Waals surface area contributed by atoms with Crippen LogP contribution in [0.2, 0.25) is 0 Å². The highest BCUT2D eigenvalue weighted by atomic mass is 32.2. The van der Waals surface area contributed by atoms with Crippen molar-refractivity contribution < 1.29 is 22.7 Å². The Morgan fingerprint density at radius 1 is 1.03 bits per heavy atom. The SMILES string of the molecule is C#CCNS(=O)(=O)c1ccc(C(=O)NCC2(c3ccc4c(c3)OCCO4)CCCC2)cc1. The zero-order valence-electron chi connectivity index (χ0n) is 17.7. The summed E-state index contributed by atoms with van der Waals surface area (Å²) in [4.78, 5) is 12.9. The molecule has 0 spiro atoms. The Bertz CT molecular complexity index is 1130. The Morgan fingerprint density at radius 3 is 2.41 bits per heavy atom. The number of benzene rings is 2. The van der Waals surface area contributed by atoms with E-state index in [0.29, 0.717) is 25.3 Å². The lowest BCUT2D eigenvalue weighted by atomic mass is 9.78. The van der Waals surface area contributed by atoms with Crippen LogP contribution in [0.25, 0.3) is 0 Å². The highest BCUT2D eigenvalue weighted by Gasteiger charge is 2.37. The van der Waals surface area contributed by atoms with E-state index < -0.39 is 10.0 Å². The van der Waals surface area contributed by atoms with Gasteiger partial charge in [-0.2, -0.15) is 4.72 Å². The highest BCUT2D eigenvalue weighted by molar-refractivity contribution is 7.89. The van der Waals surface area contributed by atoms with Crippen LogP contribution in [0.3, 0.4) is 0 Å². The minimum Gasteiger partial charge on any atom is -0.486 e. The summed E-state index contributed by atoms with van der Waals surface area (Å²) >= 11 is 0. The molecule has 2 aromatic carbocycles. The first-order valence-corrected chi connectivity index (χ1v) is 12.1. The van der Waals surface area contributed by atoms with Crippen LogP contribution in [0.5, 0.6) is 11.5 Å². The fourth-order valence-corrected chi connectivity index (χ4v) is 5.28. The van der Waals surface area contributed by atoms with Gasteiger partial charge in [0.05, 0.1) is 11.4 Å². The summed E-state index contributed by atoms with van der Waals surface area (Å²) in [5.74, 6) is 3.49. The number of terminal acetylenes is 1. The molecule has 8 heteroatoms. The second-order valence-corrected chi connectivity index (χ2v) is 9.85. The largest absolute Gasteiger partial charge is 0.486 e. The van der Waals surface area contributed by atoms with Crippen molar-refractivity contribution in [2.75, 3.05) is 26.3 Å². The van der Waals surface area contributed by atoms with E-state index in [1.165, 1.54) is 24.3 Å². The number of nitrogens with one attached hydrogen (secondary N) is 2. The van der Waals surface area contributed by atoms with Crippen molar-refractivity contribution in [2.24, 2.45) is 0 Å². The van der Waals surface area contributed by atoms with Crippen molar-refractivity contribution >= 4 is 15.9 Å². The van der Waals surface area contributed by atoms with Crippen molar-refractivity contribution in [2.45, 2.75) is 36.0 Å². The molecule has 1 fully saturated rings. The quantitative estimate of drug-likeness (QED) is 0.628. The number of amides is 1. The van der Waals surface area contributed by atoms with Crippen LogP contribution in [-0.2, 0) is 15.4 Å². The summed E-state index contributed by atoms with van der Waals surface area (Å²) < 4.78 is 38.0. The maximum Gasteiger partial charge on any atom is 0.251 e. The fraction of sp³-hybridized carbons (Fsp3) is 0.375. The molecule has 0 unspecified atom stereocenters. The Labute approximate surface area is 188 Å². The first-order valence-electron chi connectivity index (χ1n) is 10.7. The third kappa shape index (κ3) is 4.59. The zero-order valence-corrected chi connectivity index (χ0v) is 18.5. The van der Waals surface area contributed by atoms with E-state index in [1.807, 2.05) is 12.1 Å². The van der Waals surface area contributed by atoms with Gasteiger partial charge in [-0.1, -0.05) is 24.8 Å². The number of hydrogen-bond acceptors (Lipinski definition) is 5. The molecule has 4 rings (SSSR count). The molecule has 1 aliphatic carbocycles. The third-order valence-corrected chi connectivity index (χ3v) is 7.51. The minimum atomic E-state index is -3.69. The maximum atomic E-state index is 12.8. The van der Waals surface area contributed by atoms with E-state index in [9.17, 15) is 13.2 Å². The molecule has 1 aliphatic heterocycles. The summed E-state index contributed by atoms with van der Waals surface area (Å²) in [6, 6.07) is 11.9. The van der Waals surface area contributed by atoms with Crippen LogP contribution in [0.4, 0.5) is 0 Å². The van der Waals surface area contributed by atoms with Crippen LogP contribution < -0.4 is 19.5 Å². The molecule has 1 heterocycles. The van der Waals surface area contributed by atoms with Gasteiger partial charge in [0.2, 0.25) is 10.0 Å². The van der Waals surface area contributed by atoms with E-state index in [4.69, 9.17) is 15.9 Å². The van der Waals surface area contributed by atoms with Crippen LogP contribution >= 0.6 is 0 Å². The minimum absolute atomic E-state index is 0.0628. The van der Waals surface area contributed by atoms with Crippen LogP contribution in [0.1, 0.15) is 41.6 Å². The molecule has 0 radical (unpaired) electrons. The van der Waals surface area contributed by atoms with E-state index in [0.717, 1.165) is 42.7 Å². The van der Waals surface area contributed by atoms with Gasteiger partial charge in [0.25, 0.3) is 5.91 Å². The first kappa shape index (κ1) is 22.2. The van der Waals surface area contributed by atoms with Crippen molar-refractivity contribution in [3.63, 3.8) is 0 Å². The number of hydrogen-bond donors (Lipinski definition) is 2. The molecule has 168 valence electrons. The monoisotopic (exact) mass is 454 g/mol. The smallest absolute Gasteiger partial charge is 0.251 e. The number of carbonyl (C=O) groups is 1. The number of carbonyl (C=O) groups excluding carboxylic acids is 1. The molecule has 2 aliphatic rings. The number of fused-ring (bicyclic) bond motifs is 1. The van der Waals surface area contributed by atoms with Gasteiger partial charge in [-0.3, -0.25) is 4.79 Å². The van der Waals surface area contributed by atoms with Crippen LogP contribution in [0.15, 0.2) is 47.4 Å². The molecule has 1 saturated carbocycles. The van der Waals surface area contributed by atoms with Gasteiger partial charge in [-0.15, -0.1) is 6.42 Å². The van der Waals surface area contributed by atoms with Crippen molar-refractivity contribution in [3.05, 3.63) is 53.6 Å². The van der Waals surface area contributed by atoms with E-state index >= 15 is 0 Å². The summed E-state index contributed by atoms with van der Waals surface area (Å²) in [7, 11) is -3.69. The van der Waals surface area contributed by atoms with E-state index in [1.54, 1.807) is 0 Å². The third-order valence-electron chi connectivity index (χ3n) is 6.09. The topological polar surface area (TPSA) is 93.7 Å². The summed E-state index contributed by atoms with van der Waals surface area (Å²) in [6.07, 6.45) is 9.26. The van der Waals surface area contributed by atoms with Gasteiger partial charge >= 0.3 is 0 Å². The molecule has 1 amide bonds. The van der Waals surface area contributed by atoms with Gasteiger partial charge in [-0.05, 0) is 54.8 Å². The predicted octanol–water partition coefficient (Wildman–Crippen LogP) is 2.61. The van der Waals surface area contributed by atoms with Crippen molar-refractivity contribution in [3.8, 4) is 23.8 Å². The Hall–Kier alpha value is -3.02. The Balaban J connectivity index is 1.47. The van der Waals surface area contributed by atoms with Gasteiger partial charge in [0, 0.05) is 17.5 Å². The average Bonchev–Trinajstić information content (AvgIpc) is 3.31. The Kier molecular flexibility index (Phi) is 6.40. The summed E-state index contributed by atoms with van der Waals surface area (Å²) in [6.45, 7) is 1.49. The molecule has 2 aromatic rings. The molecular weight excluding hydrogens is 428 g/mol. The molecule has 0 aromatic heterocycles. The molecular formula is C24H26N2O5S. The second-order valence-electron chi connectivity index (χ2n) is 8.08. The maximum absolute atomic E-state index is 12.8. The highest BCUT2D eigenvalue weighted by Crippen LogP contribution is 2.43. The normalized spacial score (nSPS) is 16.8. The zero-order chi connectivity index (χ0) is 22.6.